The second kappa shape index (κ2) is 8.57. The number of aromatic amines is 1. The molecule has 0 atom stereocenters. The predicted molar refractivity (Wildman–Crippen MR) is 104 cm³/mol. The molecule has 1 amide bonds. The van der Waals surface area contributed by atoms with Crippen LogP contribution in [-0.4, -0.2) is 34.0 Å². The summed E-state index contributed by atoms with van der Waals surface area (Å²) in [6, 6.07) is 10.5. The number of anilines is 2. The number of hydrogen-bond donors (Lipinski definition) is 4. The quantitative estimate of drug-likeness (QED) is 0.429. The fourth-order valence-electron chi connectivity index (χ4n) is 2.40. The monoisotopic (exact) mass is 421 g/mol. The normalized spacial score (nSPS) is 11.2. The first-order valence-corrected chi connectivity index (χ1v) is 8.44. The number of nitrogens with two attached hydrogens (primary N) is 1. The van der Waals surface area contributed by atoms with E-state index >= 15 is 0 Å². The molecule has 0 fully saturated rings. The maximum Gasteiger partial charge on any atom is 0.387 e. The number of aromatic nitrogens is 2. The fraction of sp³-hybridized carbons (Fsp3) is 0.0556. The van der Waals surface area contributed by atoms with Crippen LogP contribution in [0.1, 0.15) is 15.9 Å². The third-order valence-corrected chi connectivity index (χ3v) is 3.86. The SMILES string of the molecule is NC(=O)c1c(Nc2cccc(Cl)c2)n[nH]c1/N=C/c1ccc(OC(F)F)c(O)c1. The minimum atomic E-state index is -3.06. The van der Waals surface area contributed by atoms with Gasteiger partial charge in [-0.25, -0.2) is 4.99 Å². The maximum atomic E-state index is 12.2. The van der Waals surface area contributed by atoms with Gasteiger partial charge in [0, 0.05) is 16.9 Å². The number of aromatic hydroxyl groups is 1. The van der Waals surface area contributed by atoms with Gasteiger partial charge in [-0.05, 0) is 42.0 Å². The minimum absolute atomic E-state index is 0.00287. The number of H-pyrrole nitrogens is 1. The van der Waals surface area contributed by atoms with Crippen molar-refractivity contribution in [2.24, 2.45) is 10.7 Å². The Bertz CT molecular complexity index is 1070. The van der Waals surface area contributed by atoms with Crippen molar-refractivity contribution in [1.29, 1.82) is 0 Å². The van der Waals surface area contributed by atoms with Gasteiger partial charge in [0.05, 0.1) is 0 Å². The highest BCUT2D eigenvalue weighted by Gasteiger charge is 2.18. The zero-order valence-corrected chi connectivity index (χ0v) is 15.3. The average molecular weight is 422 g/mol. The number of nitrogens with one attached hydrogen (secondary N) is 2. The molecule has 5 N–H and O–H groups in total. The standard InChI is InChI=1S/C18H14ClF2N5O3/c19-10-2-1-3-11(7-10)24-17-14(15(22)28)16(25-26-17)23-8-9-4-5-13(12(27)6-9)29-18(20)21/h1-8,18,27H,(H2,22,28)(H2,24,25,26)/b23-8+. The number of benzene rings is 2. The van der Waals surface area contributed by atoms with Crippen LogP contribution >= 0.6 is 11.6 Å². The lowest BCUT2D eigenvalue weighted by molar-refractivity contribution is -0.0512. The summed E-state index contributed by atoms with van der Waals surface area (Å²) in [7, 11) is 0. The van der Waals surface area contributed by atoms with Gasteiger partial charge >= 0.3 is 6.61 Å². The lowest BCUT2D eigenvalue weighted by Gasteiger charge is -2.06. The van der Waals surface area contributed by atoms with Crippen LogP contribution < -0.4 is 15.8 Å². The van der Waals surface area contributed by atoms with Crippen LogP contribution in [0.5, 0.6) is 11.5 Å². The molecule has 1 heterocycles. The molecule has 1 aromatic heterocycles. The molecule has 0 saturated carbocycles. The van der Waals surface area contributed by atoms with Gasteiger partial charge in [-0.3, -0.25) is 9.89 Å². The molecule has 0 aliphatic rings. The van der Waals surface area contributed by atoms with Crippen LogP contribution in [0.15, 0.2) is 47.5 Å². The number of hydrogen-bond acceptors (Lipinski definition) is 6. The molecular weight excluding hydrogens is 408 g/mol. The molecule has 2 aromatic carbocycles. The molecule has 8 nitrogen and oxygen atoms in total. The fourth-order valence-corrected chi connectivity index (χ4v) is 2.59. The summed E-state index contributed by atoms with van der Waals surface area (Å²) in [5.74, 6) is -1.43. The molecule has 11 heteroatoms. The van der Waals surface area contributed by atoms with Crippen LogP contribution in [0.3, 0.4) is 0 Å². The average Bonchev–Trinajstić information content (AvgIpc) is 3.04. The van der Waals surface area contributed by atoms with Gasteiger partial charge in [-0.1, -0.05) is 17.7 Å². The third kappa shape index (κ3) is 4.99. The zero-order valence-electron chi connectivity index (χ0n) is 14.6. The smallest absolute Gasteiger partial charge is 0.387 e. The largest absolute Gasteiger partial charge is 0.504 e. The topological polar surface area (TPSA) is 126 Å². The number of aliphatic imine (C=N–C) groups is 1. The number of halogens is 3. The third-order valence-electron chi connectivity index (χ3n) is 3.62. The highest BCUT2D eigenvalue weighted by Crippen LogP contribution is 2.29. The van der Waals surface area contributed by atoms with E-state index in [0.29, 0.717) is 16.3 Å². The Morgan fingerprint density at radius 1 is 1.34 bits per heavy atom. The second-order valence-electron chi connectivity index (χ2n) is 5.66. The van der Waals surface area contributed by atoms with E-state index in [1.807, 2.05) is 0 Å². The molecule has 3 rings (SSSR count). The van der Waals surface area contributed by atoms with Gasteiger partial charge in [0.15, 0.2) is 23.1 Å². The van der Waals surface area contributed by atoms with Crippen molar-refractivity contribution in [2.75, 3.05) is 5.32 Å². The van der Waals surface area contributed by atoms with Crippen molar-refractivity contribution >= 4 is 41.0 Å². The number of ether oxygens (including phenoxy) is 1. The van der Waals surface area contributed by atoms with Gasteiger partial charge in [-0.2, -0.15) is 13.9 Å². The predicted octanol–water partition coefficient (Wildman–Crippen LogP) is 3.96. The Morgan fingerprint density at radius 3 is 2.79 bits per heavy atom. The van der Waals surface area contributed by atoms with Crippen LogP contribution in [0.4, 0.5) is 26.1 Å². The van der Waals surface area contributed by atoms with E-state index in [1.165, 1.54) is 18.3 Å². The number of alkyl halides is 2. The van der Waals surface area contributed by atoms with Gasteiger partial charge < -0.3 is 20.9 Å². The summed E-state index contributed by atoms with van der Waals surface area (Å²) >= 11 is 5.93. The Labute approximate surface area is 168 Å². The van der Waals surface area contributed by atoms with Gasteiger partial charge in [0.2, 0.25) is 0 Å². The van der Waals surface area contributed by atoms with E-state index < -0.39 is 18.3 Å². The van der Waals surface area contributed by atoms with Crippen molar-refractivity contribution in [1.82, 2.24) is 10.2 Å². The summed E-state index contributed by atoms with van der Waals surface area (Å²) in [5, 5.41) is 19.7. The van der Waals surface area contributed by atoms with Crippen LogP contribution in [-0.2, 0) is 0 Å². The lowest BCUT2D eigenvalue weighted by atomic mass is 10.2. The van der Waals surface area contributed by atoms with Crippen LogP contribution in [0, 0.1) is 0 Å². The number of rotatable bonds is 7. The van der Waals surface area contributed by atoms with Gasteiger partial charge in [0.1, 0.15) is 5.56 Å². The first-order valence-electron chi connectivity index (χ1n) is 8.06. The summed E-state index contributed by atoms with van der Waals surface area (Å²) in [5.41, 5.74) is 6.38. The number of carbonyl (C=O) groups excluding carboxylic acids is 1. The number of nitrogens with zero attached hydrogens (tertiary/aromatic N) is 2. The van der Waals surface area contributed by atoms with E-state index in [-0.39, 0.29) is 22.9 Å². The molecule has 29 heavy (non-hydrogen) atoms. The first-order chi connectivity index (χ1) is 13.8. The molecule has 0 unspecified atom stereocenters. The van der Waals surface area contributed by atoms with Gasteiger partial charge in [0.25, 0.3) is 5.91 Å². The molecule has 0 aliphatic carbocycles. The minimum Gasteiger partial charge on any atom is -0.504 e. The zero-order chi connectivity index (χ0) is 21.0. The summed E-state index contributed by atoms with van der Waals surface area (Å²) in [4.78, 5) is 16.0. The molecule has 0 radical (unpaired) electrons. The highest BCUT2D eigenvalue weighted by atomic mass is 35.5. The Kier molecular flexibility index (Phi) is 5.93. The number of primary amides is 1. The lowest BCUT2D eigenvalue weighted by Crippen LogP contribution is -2.12. The Balaban J connectivity index is 1.85. The molecule has 0 saturated heterocycles. The van der Waals surface area contributed by atoms with E-state index in [4.69, 9.17) is 17.3 Å². The summed E-state index contributed by atoms with van der Waals surface area (Å²) in [6.45, 7) is -3.06. The molecule has 0 spiro atoms. The van der Waals surface area contributed by atoms with Crippen molar-refractivity contribution in [2.45, 2.75) is 6.61 Å². The number of phenolic OH excluding ortho intramolecular Hbond substituents is 1. The maximum absolute atomic E-state index is 12.2. The van der Waals surface area contributed by atoms with Crippen LogP contribution in [0.2, 0.25) is 5.02 Å². The Hall–Kier alpha value is -3.66. The van der Waals surface area contributed by atoms with E-state index in [1.54, 1.807) is 24.3 Å². The first kappa shape index (κ1) is 20.1. The number of amides is 1. The van der Waals surface area contributed by atoms with E-state index in [9.17, 15) is 18.7 Å². The van der Waals surface area contributed by atoms with Gasteiger partial charge in [-0.15, -0.1) is 0 Å². The molecular formula is C18H14ClF2N5O3. The van der Waals surface area contributed by atoms with E-state index in [2.05, 4.69) is 25.2 Å². The second-order valence-corrected chi connectivity index (χ2v) is 6.10. The summed E-state index contributed by atoms with van der Waals surface area (Å²) in [6.07, 6.45) is 1.29. The molecule has 3 aromatic rings. The number of phenols is 1. The highest BCUT2D eigenvalue weighted by molar-refractivity contribution is 6.30. The molecule has 150 valence electrons. The Morgan fingerprint density at radius 2 is 2.14 bits per heavy atom. The summed E-state index contributed by atoms with van der Waals surface area (Å²) < 4.78 is 28.6. The van der Waals surface area contributed by atoms with Crippen LogP contribution in [0.25, 0.3) is 0 Å². The molecule has 0 bridgehead atoms. The van der Waals surface area contributed by atoms with Crippen molar-refractivity contribution in [3.8, 4) is 11.5 Å². The van der Waals surface area contributed by atoms with E-state index in [0.717, 1.165) is 6.07 Å². The van der Waals surface area contributed by atoms with Crippen molar-refractivity contribution in [3.63, 3.8) is 0 Å². The number of carbonyl (C=O) groups is 1. The van der Waals surface area contributed by atoms with Crippen molar-refractivity contribution < 1.29 is 23.4 Å². The van der Waals surface area contributed by atoms with Crippen molar-refractivity contribution in [3.05, 3.63) is 58.6 Å². The molecule has 0 aliphatic heterocycles.